The number of aryl methyl sites for hydroxylation is 1. The Bertz CT molecular complexity index is 842. The lowest BCUT2D eigenvalue weighted by atomic mass is 9.82. The zero-order valence-corrected chi connectivity index (χ0v) is 17.0. The van der Waals surface area contributed by atoms with E-state index in [-0.39, 0.29) is 36.3 Å². The number of halogens is 5. The average molecular weight is 436 g/mol. The molecule has 2 aromatic carbocycles. The van der Waals surface area contributed by atoms with E-state index in [1.807, 2.05) is 30.3 Å². The number of ether oxygens (including phenoxy) is 1. The van der Waals surface area contributed by atoms with E-state index in [0.29, 0.717) is 18.6 Å². The van der Waals surface area contributed by atoms with Crippen LogP contribution in [0.25, 0.3) is 0 Å². The molecule has 2 atom stereocenters. The summed E-state index contributed by atoms with van der Waals surface area (Å²) in [5.41, 5.74) is 1.30. The van der Waals surface area contributed by atoms with Crippen LogP contribution in [-0.2, 0) is 6.42 Å². The maximum Gasteiger partial charge on any atom is 0.310 e. The minimum Gasteiger partial charge on any atom is -0.494 e. The Kier molecular flexibility index (Phi) is 5.64. The summed E-state index contributed by atoms with van der Waals surface area (Å²) in [4.78, 5) is -1.86. The van der Waals surface area contributed by atoms with Gasteiger partial charge in [0.1, 0.15) is 10.6 Å². The summed E-state index contributed by atoms with van der Waals surface area (Å²) in [6, 6.07) is 12.0. The number of hydrogen-bond donors (Lipinski definition) is 1. The van der Waals surface area contributed by atoms with Crippen LogP contribution in [-0.4, -0.2) is 13.2 Å². The molecule has 3 rings (SSSR count). The number of nitrogens with one attached hydrogen (secondary N) is 1. The highest BCUT2D eigenvalue weighted by molar-refractivity contribution is 8.45. The van der Waals surface area contributed by atoms with Gasteiger partial charge in [-0.05, 0) is 74.4 Å². The van der Waals surface area contributed by atoms with Crippen LogP contribution in [0.3, 0.4) is 0 Å². The summed E-state index contributed by atoms with van der Waals surface area (Å²) in [6.07, 6.45) is 2.72. The van der Waals surface area contributed by atoms with E-state index >= 15 is 0 Å². The van der Waals surface area contributed by atoms with E-state index in [2.05, 4.69) is 5.32 Å². The third kappa shape index (κ3) is 5.63. The first-order valence-electron chi connectivity index (χ1n) is 9.76. The van der Waals surface area contributed by atoms with E-state index in [4.69, 9.17) is 4.74 Å². The molecule has 1 fully saturated rings. The van der Waals surface area contributed by atoms with Gasteiger partial charge in [0.2, 0.25) is 0 Å². The van der Waals surface area contributed by atoms with Gasteiger partial charge in [-0.3, -0.25) is 0 Å². The molecule has 162 valence electrons. The maximum absolute atomic E-state index is 13.3. The van der Waals surface area contributed by atoms with Crippen molar-refractivity contribution in [2.45, 2.75) is 43.5 Å². The Morgan fingerprint density at radius 2 is 1.76 bits per heavy atom. The van der Waals surface area contributed by atoms with Crippen molar-refractivity contribution >= 4 is 10.2 Å². The summed E-state index contributed by atoms with van der Waals surface area (Å²) >= 11 is 0. The molecular weight excluding hydrogens is 409 g/mol. The molecule has 0 spiro atoms. The van der Waals surface area contributed by atoms with Crippen LogP contribution < -0.4 is 10.1 Å². The van der Waals surface area contributed by atoms with Gasteiger partial charge in [-0.2, -0.15) is 0 Å². The molecule has 8 heteroatoms. The van der Waals surface area contributed by atoms with E-state index in [1.165, 1.54) is 0 Å². The molecular formula is C21H26F5NOS. The summed E-state index contributed by atoms with van der Waals surface area (Å²) in [6.45, 7) is 2.83. The Morgan fingerprint density at radius 1 is 1.03 bits per heavy atom. The molecule has 1 saturated heterocycles. The van der Waals surface area contributed by atoms with Crippen molar-refractivity contribution in [2.75, 3.05) is 13.2 Å². The zero-order valence-electron chi connectivity index (χ0n) is 16.2. The standard InChI is InChI=1S/C21H26F5NOS/c1-2-28-20-13-12-19(29(22,23,24,25)26)15-18(20)11-10-17-9-6-14-27-21(17)16-7-4-3-5-8-16/h3-5,7-8,12-13,15,17,21,27H,2,6,9-11,14H2,1H3/t17-,21+/m1/s1. The fourth-order valence-corrected chi connectivity index (χ4v) is 4.64. The Labute approximate surface area is 168 Å². The number of benzene rings is 2. The van der Waals surface area contributed by atoms with Crippen molar-refractivity contribution in [2.24, 2.45) is 5.92 Å². The van der Waals surface area contributed by atoms with Gasteiger partial charge in [0.05, 0.1) is 6.61 Å². The normalized spacial score (nSPS) is 22.6. The molecule has 0 unspecified atom stereocenters. The molecule has 2 aromatic rings. The van der Waals surface area contributed by atoms with Crippen LogP contribution in [0.2, 0.25) is 0 Å². The van der Waals surface area contributed by atoms with Gasteiger partial charge in [0.15, 0.2) is 0 Å². The van der Waals surface area contributed by atoms with Gasteiger partial charge in [-0.25, -0.2) is 0 Å². The fourth-order valence-electron chi connectivity index (χ4n) is 3.94. The summed E-state index contributed by atoms with van der Waals surface area (Å²) in [5, 5.41) is 3.48. The smallest absolute Gasteiger partial charge is 0.310 e. The van der Waals surface area contributed by atoms with Crippen molar-refractivity contribution in [1.82, 2.24) is 5.32 Å². The topological polar surface area (TPSA) is 21.3 Å². The SMILES string of the molecule is CCOc1ccc(S(F)(F)(F)(F)F)cc1CC[C@H]1CCCN[C@H]1c1ccccc1. The predicted molar refractivity (Wildman–Crippen MR) is 107 cm³/mol. The van der Waals surface area contributed by atoms with Gasteiger partial charge >= 0.3 is 10.2 Å². The minimum atomic E-state index is -9.73. The van der Waals surface area contributed by atoms with Crippen LogP contribution in [0.5, 0.6) is 5.75 Å². The quantitative estimate of drug-likeness (QED) is 0.457. The Morgan fingerprint density at radius 3 is 2.41 bits per heavy atom. The summed E-state index contributed by atoms with van der Waals surface area (Å²) in [5.74, 6) is 0.433. The van der Waals surface area contributed by atoms with E-state index in [0.717, 1.165) is 31.0 Å². The number of piperidine rings is 1. The van der Waals surface area contributed by atoms with Crippen LogP contribution in [0.1, 0.15) is 43.4 Å². The van der Waals surface area contributed by atoms with Gasteiger partial charge in [-0.15, -0.1) is 0 Å². The molecule has 1 aliphatic rings. The molecule has 0 saturated carbocycles. The van der Waals surface area contributed by atoms with Crippen molar-refractivity contribution in [3.8, 4) is 5.75 Å². The zero-order chi connectivity index (χ0) is 21.2. The second-order valence-corrected chi connectivity index (χ2v) is 9.86. The maximum atomic E-state index is 13.3. The third-order valence-corrected chi connectivity index (χ3v) is 6.45. The van der Waals surface area contributed by atoms with Crippen molar-refractivity contribution in [1.29, 1.82) is 0 Å². The third-order valence-electron chi connectivity index (χ3n) is 5.31. The van der Waals surface area contributed by atoms with Gasteiger partial charge in [-0.1, -0.05) is 49.8 Å². The predicted octanol–water partition coefficient (Wildman–Crippen LogP) is 7.42. The lowest BCUT2D eigenvalue weighted by molar-refractivity contribution is 0.267. The monoisotopic (exact) mass is 435 g/mol. The van der Waals surface area contributed by atoms with Gasteiger partial charge < -0.3 is 10.1 Å². The van der Waals surface area contributed by atoms with E-state index < -0.39 is 15.1 Å². The van der Waals surface area contributed by atoms with Gasteiger partial charge in [0, 0.05) is 6.04 Å². The second-order valence-electron chi connectivity index (χ2n) is 7.45. The highest BCUT2D eigenvalue weighted by atomic mass is 32.5. The Hall–Kier alpha value is -1.80. The molecule has 0 radical (unpaired) electrons. The molecule has 0 bridgehead atoms. The fraction of sp³-hybridized carbons (Fsp3) is 0.429. The Balaban J connectivity index is 1.84. The summed E-state index contributed by atoms with van der Waals surface area (Å²) < 4.78 is 71.8. The van der Waals surface area contributed by atoms with Crippen LogP contribution >= 0.6 is 10.2 Å². The minimum absolute atomic E-state index is 0.0966. The van der Waals surface area contributed by atoms with Gasteiger partial charge in [0.25, 0.3) is 0 Å². The van der Waals surface area contributed by atoms with Crippen LogP contribution in [0, 0.1) is 5.92 Å². The molecule has 1 heterocycles. The first-order valence-corrected chi connectivity index (χ1v) is 11.7. The number of hydrogen-bond acceptors (Lipinski definition) is 2. The first-order chi connectivity index (χ1) is 13.5. The van der Waals surface area contributed by atoms with Crippen LogP contribution in [0.15, 0.2) is 53.4 Å². The van der Waals surface area contributed by atoms with Crippen LogP contribution in [0.4, 0.5) is 19.4 Å². The molecule has 0 aliphatic carbocycles. The molecule has 1 N–H and O–H groups in total. The number of rotatable bonds is 7. The molecule has 0 amide bonds. The molecule has 2 nitrogen and oxygen atoms in total. The summed E-state index contributed by atoms with van der Waals surface area (Å²) in [7, 11) is -9.73. The lowest BCUT2D eigenvalue weighted by Gasteiger charge is -2.41. The highest BCUT2D eigenvalue weighted by Gasteiger charge is 2.65. The second kappa shape index (κ2) is 7.47. The lowest BCUT2D eigenvalue weighted by Crippen LogP contribution is -2.34. The molecule has 0 aromatic heterocycles. The average Bonchev–Trinajstić information content (AvgIpc) is 2.66. The largest absolute Gasteiger partial charge is 0.494 e. The molecule has 29 heavy (non-hydrogen) atoms. The van der Waals surface area contributed by atoms with E-state index in [1.54, 1.807) is 6.92 Å². The molecule has 1 aliphatic heterocycles. The van der Waals surface area contributed by atoms with Crippen molar-refractivity contribution in [3.63, 3.8) is 0 Å². The van der Waals surface area contributed by atoms with E-state index in [9.17, 15) is 19.4 Å². The first kappa shape index (κ1) is 21.9. The highest BCUT2D eigenvalue weighted by Crippen LogP contribution is 3.02. The van der Waals surface area contributed by atoms with Crippen molar-refractivity contribution < 1.29 is 24.2 Å². The van der Waals surface area contributed by atoms with Crippen molar-refractivity contribution in [3.05, 3.63) is 59.7 Å².